The fourth-order valence-electron chi connectivity index (χ4n) is 4.45. The Kier molecular flexibility index (Phi) is 11.5. The van der Waals surface area contributed by atoms with Crippen LogP contribution >= 0.6 is 0 Å². The normalized spacial score (nSPS) is 12.0. The van der Waals surface area contributed by atoms with Gasteiger partial charge in [0.15, 0.2) is 11.5 Å². The number of carboxylic acid groups (broad SMARTS) is 1. The maximum Gasteiger partial charge on any atom is 0.323 e. The number of hydrogen-bond donors (Lipinski definition) is 5. The molecule has 0 aliphatic rings. The molecule has 0 aliphatic heterocycles. The number of carbonyl (C=O) groups excluding carboxylic acids is 3. The zero-order valence-corrected chi connectivity index (χ0v) is 24.9. The van der Waals surface area contributed by atoms with E-state index in [1.165, 1.54) is 14.2 Å². The van der Waals surface area contributed by atoms with E-state index in [1.807, 2.05) is 39.0 Å². The predicted octanol–water partition coefficient (Wildman–Crippen LogP) is 5.59. The molecule has 0 radical (unpaired) electrons. The van der Waals surface area contributed by atoms with Gasteiger partial charge in [-0.15, -0.1) is 0 Å². The molecule has 11 heteroatoms. The number of carboxylic acids is 1. The van der Waals surface area contributed by atoms with E-state index in [-0.39, 0.29) is 24.7 Å². The number of hydrogen-bond acceptors (Lipinski definition) is 6. The second kappa shape index (κ2) is 15.2. The van der Waals surface area contributed by atoms with Gasteiger partial charge in [-0.25, -0.2) is 4.79 Å². The van der Waals surface area contributed by atoms with Crippen molar-refractivity contribution in [2.45, 2.75) is 39.7 Å². The Morgan fingerprint density at radius 2 is 1.42 bits per heavy atom. The zero-order valence-electron chi connectivity index (χ0n) is 24.9. The van der Waals surface area contributed by atoms with Gasteiger partial charge in [-0.3, -0.25) is 14.4 Å². The minimum atomic E-state index is -1.09. The van der Waals surface area contributed by atoms with Gasteiger partial charge in [0.2, 0.25) is 11.8 Å². The molecule has 0 spiro atoms. The molecule has 11 nitrogen and oxygen atoms in total. The molecule has 0 fully saturated rings. The zero-order chi connectivity index (χ0) is 31.5. The molecule has 0 saturated carbocycles. The summed E-state index contributed by atoms with van der Waals surface area (Å²) in [6, 6.07) is 17.7. The van der Waals surface area contributed by atoms with Gasteiger partial charge in [0, 0.05) is 29.4 Å². The minimum Gasteiger partial charge on any atom is -0.493 e. The third-order valence-corrected chi connectivity index (χ3v) is 6.87. The summed E-state index contributed by atoms with van der Waals surface area (Å²) in [6.07, 6.45) is -0.477. The average Bonchev–Trinajstić information content (AvgIpc) is 2.97. The van der Waals surface area contributed by atoms with Crippen LogP contribution in [0.1, 0.15) is 43.9 Å². The molecule has 3 aromatic rings. The van der Waals surface area contributed by atoms with Gasteiger partial charge in [-0.05, 0) is 66.4 Å². The molecule has 0 aliphatic carbocycles. The van der Waals surface area contributed by atoms with Gasteiger partial charge in [0.25, 0.3) is 0 Å². The first-order valence-corrected chi connectivity index (χ1v) is 13.8. The highest BCUT2D eigenvalue weighted by atomic mass is 16.5. The first-order valence-electron chi connectivity index (χ1n) is 13.8. The summed E-state index contributed by atoms with van der Waals surface area (Å²) < 4.78 is 10.6. The second-order valence-corrected chi connectivity index (χ2v) is 10.3. The lowest BCUT2D eigenvalue weighted by Gasteiger charge is -2.24. The molecule has 5 N–H and O–H groups in total. The van der Waals surface area contributed by atoms with Crippen molar-refractivity contribution < 1.29 is 33.8 Å². The van der Waals surface area contributed by atoms with Crippen molar-refractivity contribution in [2.75, 3.05) is 30.2 Å². The summed E-state index contributed by atoms with van der Waals surface area (Å²) in [6.45, 7) is 5.54. The van der Waals surface area contributed by atoms with Crippen LogP contribution in [0.15, 0.2) is 66.7 Å². The predicted molar refractivity (Wildman–Crippen MR) is 165 cm³/mol. The Bertz CT molecular complexity index is 1440. The average molecular weight is 591 g/mol. The van der Waals surface area contributed by atoms with E-state index in [2.05, 4.69) is 21.3 Å². The molecule has 4 amide bonds. The Morgan fingerprint density at radius 3 is 2.00 bits per heavy atom. The number of nitrogens with one attached hydrogen (secondary N) is 4. The summed E-state index contributed by atoms with van der Waals surface area (Å²) >= 11 is 0. The SMILES string of the molecule is COc1ccc(C(CC(=O)O)NC(=O)C(CC(=O)Nc2ccc(NC(=O)Nc3ccccc3C)cc2)C(C)C)cc1OC. The summed E-state index contributed by atoms with van der Waals surface area (Å²) in [5.74, 6) is -1.97. The summed E-state index contributed by atoms with van der Waals surface area (Å²) in [4.78, 5) is 50.2. The Labute approximate surface area is 251 Å². The van der Waals surface area contributed by atoms with Crippen LogP contribution in [0, 0.1) is 18.8 Å². The van der Waals surface area contributed by atoms with Crippen LogP contribution in [0.3, 0.4) is 0 Å². The Balaban J connectivity index is 1.62. The van der Waals surface area contributed by atoms with Crippen LogP contribution in [0.25, 0.3) is 0 Å². The molecule has 0 saturated heterocycles. The highest BCUT2D eigenvalue weighted by molar-refractivity contribution is 6.00. The Morgan fingerprint density at radius 1 is 0.791 bits per heavy atom. The first-order chi connectivity index (χ1) is 20.5. The largest absolute Gasteiger partial charge is 0.493 e. The summed E-state index contributed by atoms with van der Waals surface area (Å²) in [7, 11) is 2.96. The van der Waals surface area contributed by atoms with Crippen LogP contribution in [0.4, 0.5) is 21.9 Å². The maximum atomic E-state index is 13.3. The standard InChI is InChI=1S/C32H38N4O7/c1-19(2)24(31(40)35-26(18-30(38)39)21-10-15-27(42-4)28(16-21)43-5)17-29(37)33-22-11-13-23(14-12-22)34-32(41)36-25-9-7-6-8-20(25)3/h6-16,19,24,26H,17-18H2,1-5H3,(H,33,37)(H,35,40)(H,38,39)(H2,34,36,41). The van der Waals surface area contributed by atoms with Gasteiger partial charge in [-0.2, -0.15) is 0 Å². The highest BCUT2D eigenvalue weighted by Crippen LogP contribution is 2.31. The smallest absolute Gasteiger partial charge is 0.323 e. The lowest BCUT2D eigenvalue weighted by Crippen LogP contribution is -2.38. The maximum absolute atomic E-state index is 13.3. The van der Waals surface area contributed by atoms with E-state index < -0.39 is 29.9 Å². The number of carbonyl (C=O) groups is 4. The van der Waals surface area contributed by atoms with Crippen molar-refractivity contribution in [1.82, 2.24) is 5.32 Å². The number of ether oxygens (including phenoxy) is 2. The first kappa shape index (κ1) is 32.5. The van der Waals surface area contributed by atoms with Crippen LogP contribution in [0.2, 0.25) is 0 Å². The van der Waals surface area contributed by atoms with E-state index in [9.17, 15) is 24.3 Å². The van der Waals surface area contributed by atoms with Gasteiger partial charge in [0.05, 0.1) is 26.7 Å². The second-order valence-electron chi connectivity index (χ2n) is 10.3. The number of benzene rings is 3. The number of rotatable bonds is 13. The van der Waals surface area contributed by atoms with Crippen LogP contribution in [-0.2, 0) is 14.4 Å². The van der Waals surface area contributed by atoms with Crippen LogP contribution in [-0.4, -0.2) is 43.1 Å². The Hall–Kier alpha value is -5.06. The molecule has 3 rings (SSSR count). The lowest BCUT2D eigenvalue weighted by atomic mass is 9.90. The molecule has 228 valence electrons. The van der Waals surface area contributed by atoms with Crippen molar-refractivity contribution in [1.29, 1.82) is 0 Å². The topological polar surface area (TPSA) is 155 Å². The molecule has 2 unspecified atom stereocenters. The molecular weight excluding hydrogens is 552 g/mol. The molecule has 43 heavy (non-hydrogen) atoms. The third-order valence-electron chi connectivity index (χ3n) is 6.87. The van der Waals surface area contributed by atoms with Gasteiger partial charge >= 0.3 is 12.0 Å². The number of anilines is 3. The molecular formula is C32H38N4O7. The van der Waals surface area contributed by atoms with Crippen LogP contribution < -0.4 is 30.7 Å². The van der Waals surface area contributed by atoms with Crippen LogP contribution in [0.5, 0.6) is 11.5 Å². The number of urea groups is 1. The summed E-state index contributed by atoms with van der Waals surface area (Å²) in [5, 5.41) is 20.6. The van der Waals surface area contributed by atoms with E-state index in [4.69, 9.17) is 9.47 Å². The molecule has 0 aromatic heterocycles. The van der Waals surface area contributed by atoms with Crippen molar-refractivity contribution in [3.8, 4) is 11.5 Å². The van der Waals surface area contributed by atoms with Crippen molar-refractivity contribution in [2.24, 2.45) is 11.8 Å². The van der Waals surface area contributed by atoms with Gasteiger partial charge < -0.3 is 35.8 Å². The van der Waals surface area contributed by atoms with Crippen molar-refractivity contribution in [3.63, 3.8) is 0 Å². The number of methoxy groups -OCH3 is 2. The molecule has 3 aromatic carbocycles. The fourth-order valence-corrected chi connectivity index (χ4v) is 4.45. The fraction of sp³-hybridized carbons (Fsp3) is 0.312. The monoisotopic (exact) mass is 590 g/mol. The minimum absolute atomic E-state index is 0.117. The van der Waals surface area contributed by atoms with E-state index >= 15 is 0 Å². The number of para-hydroxylation sites is 1. The van der Waals surface area contributed by atoms with E-state index in [0.717, 1.165) is 5.56 Å². The van der Waals surface area contributed by atoms with E-state index in [0.29, 0.717) is 34.1 Å². The van der Waals surface area contributed by atoms with Gasteiger partial charge in [-0.1, -0.05) is 38.1 Å². The highest BCUT2D eigenvalue weighted by Gasteiger charge is 2.29. The lowest BCUT2D eigenvalue weighted by molar-refractivity contribution is -0.138. The van der Waals surface area contributed by atoms with Crippen molar-refractivity contribution >= 4 is 40.9 Å². The molecule has 0 bridgehead atoms. The van der Waals surface area contributed by atoms with Crippen molar-refractivity contribution in [3.05, 3.63) is 77.9 Å². The van der Waals surface area contributed by atoms with Gasteiger partial charge in [0.1, 0.15) is 0 Å². The molecule has 0 heterocycles. The summed E-state index contributed by atoms with van der Waals surface area (Å²) in [5.41, 5.74) is 3.18. The number of aryl methyl sites for hydroxylation is 1. The number of amides is 4. The quantitative estimate of drug-likeness (QED) is 0.174. The molecule has 2 atom stereocenters. The third kappa shape index (κ3) is 9.49. The van der Waals surface area contributed by atoms with E-state index in [1.54, 1.807) is 48.5 Å². The number of aliphatic carboxylic acids is 1.